The SMILES string of the molecule is COc1ccccc1C/C(=C/CN(C)C)c1ccccc1.Cl. The predicted octanol–water partition coefficient (Wildman–Crippen LogP) is 4.30. The lowest BCUT2D eigenvalue weighted by Gasteiger charge is -2.13. The lowest BCUT2D eigenvalue weighted by molar-refractivity contribution is 0.411. The highest BCUT2D eigenvalue weighted by Gasteiger charge is 2.07. The van der Waals surface area contributed by atoms with Crippen LogP contribution in [0.3, 0.4) is 0 Å². The van der Waals surface area contributed by atoms with Gasteiger partial charge >= 0.3 is 0 Å². The van der Waals surface area contributed by atoms with Crippen LogP contribution in [0, 0.1) is 0 Å². The number of hydrogen-bond donors (Lipinski definition) is 0. The van der Waals surface area contributed by atoms with Gasteiger partial charge in [0.15, 0.2) is 0 Å². The summed E-state index contributed by atoms with van der Waals surface area (Å²) >= 11 is 0. The van der Waals surface area contributed by atoms with Gasteiger partial charge in [-0.1, -0.05) is 54.6 Å². The van der Waals surface area contributed by atoms with Gasteiger partial charge in [0.2, 0.25) is 0 Å². The van der Waals surface area contributed by atoms with Gasteiger partial charge < -0.3 is 9.64 Å². The minimum Gasteiger partial charge on any atom is -0.496 e. The summed E-state index contributed by atoms with van der Waals surface area (Å²) in [7, 11) is 5.90. The third-order valence-electron chi connectivity index (χ3n) is 3.42. The summed E-state index contributed by atoms with van der Waals surface area (Å²) in [6.45, 7) is 0.930. The average Bonchev–Trinajstić information content (AvgIpc) is 2.52. The summed E-state index contributed by atoms with van der Waals surface area (Å²) in [5.74, 6) is 0.948. The first-order valence-electron chi connectivity index (χ1n) is 7.22. The highest BCUT2D eigenvalue weighted by molar-refractivity contribution is 5.85. The highest BCUT2D eigenvalue weighted by atomic mass is 35.5. The number of likely N-dealkylation sites (N-methyl/N-ethyl adjacent to an activating group) is 1. The van der Waals surface area contributed by atoms with Gasteiger partial charge in [0.25, 0.3) is 0 Å². The first-order valence-corrected chi connectivity index (χ1v) is 7.22. The summed E-state index contributed by atoms with van der Waals surface area (Å²) in [4.78, 5) is 2.17. The predicted molar refractivity (Wildman–Crippen MR) is 96.9 cm³/mol. The Morgan fingerprint density at radius 3 is 2.27 bits per heavy atom. The molecule has 0 fully saturated rings. The summed E-state index contributed by atoms with van der Waals surface area (Å²) < 4.78 is 5.47. The zero-order chi connectivity index (χ0) is 15.1. The van der Waals surface area contributed by atoms with Gasteiger partial charge in [-0.05, 0) is 36.9 Å². The van der Waals surface area contributed by atoms with E-state index in [0.717, 1.165) is 18.7 Å². The van der Waals surface area contributed by atoms with Crippen LogP contribution in [0.5, 0.6) is 5.75 Å². The van der Waals surface area contributed by atoms with E-state index < -0.39 is 0 Å². The fraction of sp³-hybridized carbons (Fsp3) is 0.263. The van der Waals surface area contributed by atoms with E-state index >= 15 is 0 Å². The van der Waals surface area contributed by atoms with Crippen LogP contribution in [0.1, 0.15) is 11.1 Å². The highest BCUT2D eigenvalue weighted by Crippen LogP contribution is 2.25. The van der Waals surface area contributed by atoms with Crippen molar-refractivity contribution in [3.63, 3.8) is 0 Å². The second kappa shape index (κ2) is 9.29. The van der Waals surface area contributed by atoms with Crippen molar-refractivity contribution in [2.45, 2.75) is 6.42 Å². The van der Waals surface area contributed by atoms with Crippen molar-refractivity contribution in [1.82, 2.24) is 4.90 Å². The van der Waals surface area contributed by atoms with Gasteiger partial charge in [0, 0.05) is 13.0 Å². The number of methoxy groups -OCH3 is 1. The maximum absolute atomic E-state index is 5.47. The third kappa shape index (κ3) is 5.21. The number of nitrogens with zero attached hydrogens (tertiary/aromatic N) is 1. The van der Waals surface area contributed by atoms with Crippen LogP contribution in [0.4, 0.5) is 0 Å². The van der Waals surface area contributed by atoms with Crippen molar-refractivity contribution in [3.8, 4) is 5.75 Å². The van der Waals surface area contributed by atoms with Gasteiger partial charge in [-0.2, -0.15) is 0 Å². The molecule has 0 saturated heterocycles. The maximum atomic E-state index is 5.47. The van der Waals surface area contributed by atoms with Crippen molar-refractivity contribution >= 4 is 18.0 Å². The van der Waals surface area contributed by atoms with Gasteiger partial charge in [-0.15, -0.1) is 12.4 Å². The number of ether oxygens (including phenoxy) is 1. The molecule has 22 heavy (non-hydrogen) atoms. The molecule has 0 aromatic heterocycles. The second-order valence-corrected chi connectivity index (χ2v) is 5.35. The Bertz CT molecular complexity index is 593. The normalized spacial score (nSPS) is 11.2. The molecule has 0 unspecified atom stereocenters. The van der Waals surface area contributed by atoms with Gasteiger partial charge in [0.05, 0.1) is 7.11 Å². The van der Waals surface area contributed by atoms with Crippen LogP contribution in [-0.2, 0) is 6.42 Å². The topological polar surface area (TPSA) is 12.5 Å². The summed E-state index contributed by atoms with van der Waals surface area (Å²) in [6, 6.07) is 18.8. The summed E-state index contributed by atoms with van der Waals surface area (Å²) in [6.07, 6.45) is 3.17. The Kier molecular flexibility index (Phi) is 7.72. The molecule has 0 aliphatic rings. The number of hydrogen-bond acceptors (Lipinski definition) is 2. The lowest BCUT2D eigenvalue weighted by atomic mass is 9.97. The molecule has 0 heterocycles. The molecule has 0 aliphatic heterocycles. The quantitative estimate of drug-likeness (QED) is 0.787. The molecule has 2 rings (SSSR count). The summed E-state index contributed by atoms with van der Waals surface area (Å²) in [5.41, 5.74) is 3.81. The molecule has 0 radical (unpaired) electrons. The Morgan fingerprint density at radius 1 is 1.00 bits per heavy atom. The van der Waals surface area contributed by atoms with Crippen LogP contribution in [-0.4, -0.2) is 32.6 Å². The fourth-order valence-electron chi connectivity index (χ4n) is 2.29. The van der Waals surface area contributed by atoms with E-state index in [2.05, 4.69) is 67.5 Å². The van der Waals surface area contributed by atoms with Crippen molar-refractivity contribution in [3.05, 3.63) is 71.8 Å². The summed E-state index contributed by atoms with van der Waals surface area (Å²) in [5, 5.41) is 0. The molecule has 0 N–H and O–H groups in total. The molecular weight excluding hydrogens is 294 g/mol. The molecule has 0 saturated carbocycles. The van der Waals surface area contributed by atoms with Crippen molar-refractivity contribution in [2.75, 3.05) is 27.7 Å². The number of allylic oxidation sites excluding steroid dienone is 1. The molecule has 0 aliphatic carbocycles. The number of para-hydroxylation sites is 1. The third-order valence-corrected chi connectivity index (χ3v) is 3.42. The number of halogens is 1. The molecule has 3 heteroatoms. The first kappa shape index (κ1) is 18.3. The van der Waals surface area contributed by atoms with Gasteiger partial charge in [0.1, 0.15) is 5.75 Å². The smallest absolute Gasteiger partial charge is 0.122 e. The molecular formula is C19H24ClNO. The van der Waals surface area contributed by atoms with E-state index in [0.29, 0.717) is 0 Å². The Morgan fingerprint density at radius 2 is 1.64 bits per heavy atom. The Labute approximate surface area is 139 Å². The fourth-order valence-corrected chi connectivity index (χ4v) is 2.29. The zero-order valence-electron chi connectivity index (χ0n) is 13.5. The van der Waals surface area contributed by atoms with E-state index in [-0.39, 0.29) is 12.4 Å². The largest absolute Gasteiger partial charge is 0.496 e. The molecule has 2 nitrogen and oxygen atoms in total. The van der Waals surface area contributed by atoms with Crippen molar-refractivity contribution in [2.24, 2.45) is 0 Å². The molecule has 0 spiro atoms. The molecule has 2 aromatic carbocycles. The Balaban J connectivity index is 0.00000242. The van der Waals surface area contributed by atoms with E-state index in [4.69, 9.17) is 4.74 Å². The zero-order valence-corrected chi connectivity index (χ0v) is 14.3. The molecule has 0 atom stereocenters. The monoisotopic (exact) mass is 317 g/mol. The maximum Gasteiger partial charge on any atom is 0.122 e. The Hall–Kier alpha value is -1.77. The average molecular weight is 318 g/mol. The van der Waals surface area contributed by atoms with Crippen LogP contribution < -0.4 is 4.74 Å². The van der Waals surface area contributed by atoms with Crippen LogP contribution in [0.15, 0.2) is 60.7 Å². The van der Waals surface area contributed by atoms with Crippen LogP contribution in [0.25, 0.3) is 5.57 Å². The first-order chi connectivity index (χ1) is 10.2. The van der Waals surface area contributed by atoms with Crippen molar-refractivity contribution < 1.29 is 4.74 Å². The van der Waals surface area contributed by atoms with Crippen LogP contribution in [0.2, 0.25) is 0 Å². The molecule has 0 amide bonds. The standard InChI is InChI=1S/C19H23NO.ClH/c1-20(2)14-13-17(16-9-5-4-6-10-16)15-18-11-7-8-12-19(18)21-3;/h4-13H,14-15H2,1-3H3;1H/b17-13-;. The molecule has 118 valence electrons. The van der Waals surface area contributed by atoms with Gasteiger partial charge in [-0.25, -0.2) is 0 Å². The lowest BCUT2D eigenvalue weighted by Crippen LogP contribution is -2.11. The molecule has 0 bridgehead atoms. The van der Waals surface area contributed by atoms with Crippen LogP contribution >= 0.6 is 12.4 Å². The van der Waals surface area contributed by atoms with E-state index in [9.17, 15) is 0 Å². The minimum absolute atomic E-state index is 0. The van der Waals surface area contributed by atoms with Crippen molar-refractivity contribution in [1.29, 1.82) is 0 Å². The van der Waals surface area contributed by atoms with E-state index in [1.54, 1.807) is 7.11 Å². The number of benzene rings is 2. The van der Waals surface area contributed by atoms with E-state index in [1.807, 2.05) is 12.1 Å². The minimum atomic E-state index is 0. The van der Waals surface area contributed by atoms with E-state index in [1.165, 1.54) is 16.7 Å². The molecule has 2 aromatic rings. The van der Waals surface area contributed by atoms with Gasteiger partial charge in [-0.3, -0.25) is 0 Å². The second-order valence-electron chi connectivity index (χ2n) is 5.35. The number of rotatable bonds is 6.